The highest BCUT2D eigenvalue weighted by Gasteiger charge is 2.17. The van der Waals surface area contributed by atoms with E-state index in [1.165, 1.54) is 0 Å². The summed E-state index contributed by atoms with van der Waals surface area (Å²) >= 11 is 0. The molecule has 0 bridgehead atoms. The Morgan fingerprint density at radius 2 is 2.28 bits per heavy atom. The molecule has 0 spiro atoms. The summed E-state index contributed by atoms with van der Waals surface area (Å²) in [6, 6.07) is 5.16. The van der Waals surface area contributed by atoms with Gasteiger partial charge in [-0.15, -0.1) is 10.2 Å². The van der Waals surface area contributed by atoms with Crippen molar-refractivity contribution >= 4 is 16.9 Å². The fourth-order valence-corrected chi connectivity index (χ4v) is 2.77. The molecule has 1 atom stereocenters. The maximum absolute atomic E-state index is 12.5. The minimum Gasteiger partial charge on any atom is -0.385 e. The summed E-state index contributed by atoms with van der Waals surface area (Å²) in [5.41, 5.74) is 2.27. The van der Waals surface area contributed by atoms with Gasteiger partial charge in [0.25, 0.3) is 5.91 Å². The van der Waals surface area contributed by atoms with Crippen molar-refractivity contribution in [2.75, 3.05) is 13.7 Å². The number of hydrogen-bond donors (Lipinski definition) is 2. The monoisotopic (exact) mass is 342 g/mol. The smallest absolute Gasteiger partial charge is 0.251 e. The zero-order chi connectivity index (χ0) is 17.8. The number of aromatic amines is 1. The molecule has 0 aliphatic carbocycles. The molecule has 2 N–H and O–H groups in total. The topological polar surface area (TPSA) is 97.7 Å². The maximum atomic E-state index is 12.5. The first-order valence-electron chi connectivity index (χ1n) is 8.22. The Kier molecular flexibility index (Phi) is 5.08. The first kappa shape index (κ1) is 17.1. The molecule has 0 saturated carbocycles. The third-order valence-electron chi connectivity index (χ3n) is 3.99. The van der Waals surface area contributed by atoms with Gasteiger partial charge in [0.2, 0.25) is 0 Å². The molecule has 1 aromatic carbocycles. The van der Waals surface area contributed by atoms with Crippen LogP contribution in [-0.4, -0.2) is 44.4 Å². The largest absolute Gasteiger partial charge is 0.385 e. The van der Waals surface area contributed by atoms with Gasteiger partial charge in [-0.1, -0.05) is 0 Å². The number of imidazole rings is 1. The first-order valence-corrected chi connectivity index (χ1v) is 8.22. The lowest BCUT2D eigenvalue weighted by Crippen LogP contribution is -2.28. The lowest BCUT2D eigenvalue weighted by atomic mass is 10.1. The lowest BCUT2D eigenvalue weighted by molar-refractivity contribution is 0.0937. The number of aromatic nitrogens is 5. The average molecular weight is 342 g/mol. The van der Waals surface area contributed by atoms with E-state index in [0.29, 0.717) is 12.2 Å². The first-order chi connectivity index (χ1) is 12.1. The quantitative estimate of drug-likeness (QED) is 0.640. The van der Waals surface area contributed by atoms with Crippen LogP contribution in [0.15, 0.2) is 24.5 Å². The van der Waals surface area contributed by atoms with Crippen molar-refractivity contribution in [3.63, 3.8) is 0 Å². The van der Waals surface area contributed by atoms with Crippen LogP contribution in [0.5, 0.6) is 0 Å². The second-order valence-electron chi connectivity index (χ2n) is 5.98. The molecule has 8 nitrogen and oxygen atoms in total. The summed E-state index contributed by atoms with van der Waals surface area (Å²) in [5.74, 6) is 1.39. The van der Waals surface area contributed by atoms with Crippen LogP contribution in [0.1, 0.15) is 41.4 Å². The van der Waals surface area contributed by atoms with Gasteiger partial charge in [0.05, 0.1) is 17.1 Å². The molecule has 0 radical (unpaired) electrons. The van der Waals surface area contributed by atoms with Crippen LogP contribution in [0.4, 0.5) is 0 Å². The molecule has 0 unspecified atom stereocenters. The predicted octanol–water partition coefficient (Wildman–Crippen LogP) is 1.99. The summed E-state index contributed by atoms with van der Waals surface area (Å²) in [4.78, 5) is 20.0. The molecule has 3 aromatic rings. The number of amides is 1. The number of nitrogens with zero attached hydrogens (tertiary/aromatic N) is 4. The van der Waals surface area contributed by atoms with Crippen molar-refractivity contribution in [2.24, 2.45) is 0 Å². The zero-order valence-electron chi connectivity index (χ0n) is 14.6. The van der Waals surface area contributed by atoms with Gasteiger partial charge >= 0.3 is 0 Å². The maximum Gasteiger partial charge on any atom is 0.251 e. The van der Waals surface area contributed by atoms with Crippen LogP contribution in [0.3, 0.4) is 0 Å². The van der Waals surface area contributed by atoms with E-state index in [1.54, 1.807) is 25.6 Å². The Labute approximate surface area is 145 Å². The van der Waals surface area contributed by atoms with Crippen molar-refractivity contribution in [1.82, 2.24) is 30.0 Å². The van der Waals surface area contributed by atoms with Gasteiger partial charge in [0.1, 0.15) is 12.2 Å². The molecule has 25 heavy (non-hydrogen) atoms. The molecule has 0 saturated heterocycles. The van der Waals surface area contributed by atoms with E-state index in [0.717, 1.165) is 35.6 Å². The van der Waals surface area contributed by atoms with Crippen LogP contribution >= 0.6 is 0 Å². The van der Waals surface area contributed by atoms with E-state index in [9.17, 15) is 4.79 Å². The zero-order valence-corrected chi connectivity index (χ0v) is 14.6. The van der Waals surface area contributed by atoms with Crippen molar-refractivity contribution in [2.45, 2.75) is 32.9 Å². The summed E-state index contributed by atoms with van der Waals surface area (Å²) in [7, 11) is 1.67. The van der Waals surface area contributed by atoms with E-state index in [4.69, 9.17) is 4.74 Å². The number of H-pyrrole nitrogens is 1. The SMILES string of the molecule is COCCCn1cnnc1[C@H](C)NC(=O)c1ccc2nc(C)[nH]c2c1. The van der Waals surface area contributed by atoms with Crippen molar-refractivity contribution in [3.8, 4) is 0 Å². The predicted molar refractivity (Wildman–Crippen MR) is 93.2 cm³/mol. The highest BCUT2D eigenvalue weighted by Crippen LogP contribution is 2.15. The van der Waals surface area contributed by atoms with Crippen LogP contribution in [-0.2, 0) is 11.3 Å². The Hall–Kier alpha value is -2.74. The standard InChI is InChI=1S/C17H22N6O2/c1-11(16-22-18-10-23(16)7-4-8-25-3)19-17(24)13-5-6-14-15(9-13)21-12(2)20-14/h5-6,9-11H,4,7-8H2,1-3H3,(H,19,24)(H,20,21)/t11-/m0/s1. The van der Waals surface area contributed by atoms with Crippen molar-refractivity contribution in [1.29, 1.82) is 0 Å². The molecule has 3 rings (SSSR count). The summed E-state index contributed by atoms with van der Waals surface area (Å²) in [6.07, 6.45) is 2.53. The number of aryl methyl sites for hydroxylation is 2. The van der Waals surface area contributed by atoms with Crippen LogP contribution in [0.25, 0.3) is 11.0 Å². The molecule has 0 aliphatic rings. The highest BCUT2D eigenvalue weighted by atomic mass is 16.5. The number of carbonyl (C=O) groups is 1. The third-order valence-corrected chi connectivity index (χ3v) is 3.99. The van der Waals surface area contributed by atoms with E-state index in [2.05, 4.69) is 25.5 Å². The number of fused-ring (bicyclic) bond motifs is 1. The molecule has 2 heterocycles. The third kappa shape index (κ3) is 3.85. The van der Waals surface area contributed by atoms with E-state index in [1.807, 2.05) is 24.5 Å². The van der Waals surface area contributed by atoms with Crippen molar-refractivity contribution in [3.05, 3.63) is 41.7 Å². The fourth-order valence-electron chi connectivity index (χ4n) is 2.77. The fraction of sp³-hybridized carbons (Fsp3) is 0.412. The number of rotatable bonds is 7. The number of methoxy groups -OCH3 is 1. The summed E-state index contributed by atoms with van der Waals surface area (Å²) < 4.78 is 7.00. The van der Waals surface area contributed by atoms with Gasteiger partial charge in [-0.3, -0.25) is 4.79 Å². The van der Waals surface area contributed by atoms with Crippen molar-refractivity contribution < 1.29 is 9.53 Å². The highest BCUT2D eigenvalue weighted by molar-refractivity contribution is 5.97. The molecule has 8 heteroatoms. The minimum absolute atomic E-state index is 0.159. The van der Waals surface area contributed by atoms with Crippen LogP contribution < -0.4 is 5.32 Å². The van der Waals surface area contributed by atoms with Crippen LogP contribution in [0.2, 0.25) is 0 Å². The summed E-state index contributed by atoms with van der Waals surface area (Å²) in [6.45, 7) is 5.20. The number of benzene rings is 1. The normalized spacial score (nSPS) is 12.4. The Bertz CT molecular complexity index is 869. The molecule has 0 aliphatic heterocycles. The number of ether oxygens (including phenoxy) is 1. The van der Waals surface area contributed by atoms with Gasteiger partial charge in [-0.05, 0) is 38.5 Å². The minimum atomic E-state index is -0.253. The molecule has 132 valence electrons. The second kappa shape index (κ2) is 7.43. The summed E-state index contributed by atoms with van der Waals surface area (Å²) in [5, 5.41) is 11.1. The number of carbonyl (C=O) groups excluding carboxylic acids is 1. The van der Waals surface area contributed by atoms with E-state index >= 15 is 0 Å². The van der Waals surface area contributed by atoms with Gasteiger partial charge < -0.3 is 19.6 Å². The van der Waals surface area contributed by atoms with Crippen LogP contribution in [0, 0.1) is 6.92 Å². The molecule has 1 amide bonds. The molecule has 0 fully saturated rings. The Morgan fingerprint density at radius 1 is 1.44 bits per heavy atom. The Balaban J connectivity index is 1.70. The molecular formula is C17H22N6O2. The van der Waals surface area contributed by atoms with Gasteiger partial charge in [0.15, 0.2) is 5.82 Å². The average Bonchev–Trinajstić information content (AvgIpc) is 3.19. The van der Waals surface area contributed by atoms with Gasteiger partial charge in [-0.25, -0.2) is 4.98 Å². The van der Waals surface area contributed by atoms with Gasteiger partial charge in [0, 0.05) is 25.8 Å². The van der Waals surface area contributed by atoms with E-state index < -0.39 is 0 Å². The number of nitrogens with one attached hydrogen (secondary N) is 2. The molecular weight excluding hydrogens is 320 g/mol. The van der Waals surface area contributed by atoms with E-state index in [-0.39, 0.29) is 11.9 Å². The number of hydrogen-bond acceptors (Lipinski definition) is 5. The second-order valence-corrected chi connectivity index (χ2v) is 5.98. The lowest BCUT2D eigenvalue weighted by Gasteiger charge is -2.15. The molecule has 2 aromatic heterocycles. The van der Waals surface area contributed by atoms with Gasteiger partial charge in [-0.2, -0.15) is 0 Å². The Morgan fingerprint density at radius 3 is 3.08 bits per heavy atom.